The first-order valence-corrected chi connectivity index (χ1v) is 12.9. The van der Waals surface area contributed by atoms with Gasteiger partial charge in [-0.05, 0) is 31.5 Å². The summed E-state index contributed by atoms with van der Waals surface area (Å²) in [5, 5.41) is 9.65. The number of aromatic nitrogens is 1. The lowest BCUT2D eigenvalue weighted by Crippen LogP contribution is -2.48. The Labute approximate surface area is 206 Å². The highest BCUT2D eigenvalue weighted by molar-refractivity contribution is 8.26. The van der Waals surface area contributed by atoms with Crippen LogP contribution in [0.15, 0.2) is 9.70 Å². The Balaban J connectivity index is 2.00. The molecule has 7 nitrogen and oxygen atoms in total. The third kappa shape index (κ3) is 5.34. The molecule has 178 valence electrons. The van der Waals surface area contributed by atoms with Crippen molar-refractivity contribution in [2.75, 3.05) is 44.2 Å². The molecule has 0 spiro atoms. The number of unbranched alkanes of at least 4 members (excludes halogenated alkanes) is 3. The zero-order valence-corrected chi connectivity index (χ0v) is 21.7. The summed E-state index contributed by atoms with van der Waals surface area (Å²) < 4.78 is 2.13. The molecule has 2 aliphatic heterocycles. The van der Waals surface area contributed by atoms with Gasteiger partial charge in [0.2, 0.25) is 0 Å². The third-order valence-electron chi connectivity index (χ3n) is 6.47. The molecule has 1 aromatic rings. The molecular formula is C24H33N5O2S2. The lowest BCUT2D eigenvalue weighted by atomic mass is 10.0. The summed E-state index contributed by atoms with van der Waals surface area (Å²) in [6.07, 6.45) is 6.13. The number of amides is 1. The summed E-state index contributed by atoms with van der Waals surface area (Å²) in [6, 6.07) is 2.07. The zero-order chi connectivity index (χ0) is 24.1. The van der Waals surface area contributed by atoms with Gasteiger partial charge in [-0.25, -0.2) is 0 Å². The number of nitriles is 1. The SMILES string of the molecule is CCCCCCN1C(=O)C(=Cc2c(C)c(C#N)c(=O)n(C)c2N2CCN(CC)CC2)SC1=S. The maximum Gasteiger partial charge on any atom is 0.270 e. The van der Waals surface area contributed by atoms with Crippen molar-refractivity contribution >= 4 is 46.1 Å². The zero-order valence-electron chi connectivity index (χ0n) is 20.0. The second-order valence-electron chi connectivity index (χ2n) is 8.53. The van der Waals surface area contributed by atoms with E-state index in [2.05, 4.69) is 29.7 Å². The molecule has 3 rings (SSSR count). The number of carbonyl (C=O) groups is 1. The predicted molar refractivity (Wildman–Crippen MR) is 139 cm³/mol. The molecule has 33 heavy (non-hydrogen) atoms. The molecule has 0 N–H and O–H groups in total. The molecule has 1 amide bonds. The van der Waals surface area contributed by atoms with Crippen LogP contribution < -0.4 is 10.5 Å². The molecule has 2 aliphatic rings. The van der Waals surface area contributed by atoms with Crippen LogP contribution in [-0.4, -0.2) is 63.9 Å². The maximum atomic E-state index is 13.2. The summed E-state index contributed by atoms with van der Waals surface area (Å²) in [5.74, 6) is 0.676. The lowest BCUT2D eigenvalue weighted by Gasteiger charge is -2.37. The molecule has 9 heteroatoms. The largest absolute Gasteiger partial charge is 0.355 e. The van der Waals surface area contributed by atoms with Crippen molar-refractivity contribution in [1.29, 1.82) is 5.26 Å². The minimum atomic E-state index is -0.302. The molecule has 0 aliphatic carbocycles. The van der Waals surface area contributed by atoms with Crippen molar-refractivity contribution in [3.8, 4) is 6.07 Å². The Morgan fingerprint density at radius 2 is 1.82 bits per heavy atom. The van der Waals surface area contributed by atoms with Crippen molar-refractivity contribution in [2.45, 2.75) is 46.5 Å². The van der Waals surface area contributed by atoms with Crippen molar-refractivity contribution in [3.63, 3.8) is 0 Å². The van der Waals surface area contributed by atoms with Gasteiger partial charge in [0.25, 0.3) is 11.5 Å². The smallest absolute Gasteiger partial charge is 0.270 e. The summed E-state index contributed by atoms with van der Waals surface area (Å²) in [4.78, 5) is 32.9. The lowest BCUT2D eigenvalue weighted by molar-refractivity contribution is -0.122. The van der Waals surface area contributed by atoms with Crippen LogP contribution in [0.4, 0.5) is 5.82 Å². The average molecular weight is 488 g/mol. The summed E-state index contributed by atoms with van der Waals surface area (Å²) in [5.41, 5.74) is 1.19. The standard InChI is InChI=1S/C24H33N5O2S2/c1-5-7-8-9-10-29-23(31)20(33-24(29)32)15-18-17(3)19(16-25)22(30)26(4)21(18)28-13-11-27(6-2)12-14-28/h15H,5-14H2,1-4H3. The van der Waals surface area contributed by atoms with E-state index in [-0.39, 0.29) is 17.0 Å². The van der Waals surface area contributed by atoms with Crippen LogP contribution >= 0.6 is 24.0 Å². The number of carbonyl (C=O) groups excluding carboxylic acids is 1. The van der Waals surface area contributed by atoms with E-state index >= 15 is 0 Å². The van der Waals surface area contributed by atoms with Gasteiger partial charge in [-0.15, -0.1) is 0 Å². The number of rotatable bonds is 8. The Morgan fingerprint density at radius 1 is 1.12 bits per heavy atom. The number of hydrogen-bond acceptors (Lipinski definition) is 7. The van der Waals surface area contributed by atoms with Crippen LogP contribution in [0.25, 0.3) is 6.08 Å². The fourth-order valence-corrected chi connectivity index (χ4v) is 5.68. The Bertz CT molecular complexity index is 1050. The Morgan fingerprint density at radius 3 is 2.42 bits per heavy atom. The second-order valence-corrected chi connectivity index (χ2v) is 10.2. The fourth-order valence-electron chi connectivity index (χ4n) is 4.39. The number of pyridine rings is 1. The third-order valence-corrected chi connectivity index (χ3v) is 7.85. The Hall–Kier alpha value is -2.15. The van der Waals surface area contributed by atoms with Crippen LogP contribution in [0.5, 0.6) is 0 Å². The van der Waals surface area contributed by atoms with Crippen LogP contribution in [0.3, 0.4) is 0 Å². The minimum Gasteiger partial charge on any atom is -0.355 e. The highest BCUT2D eigenvalue weighted by Crippen LogP contribution is 2.36. The van der Waals surface area contributed by atoms with Crippen LogP contribution in [-0.2, 0) is 11.8 Å². The number of anilines is 1. The summed E-state index contributed by atoms with van der Waals surface area (Å²) in [7, 11) is 1.71. The van der Waals surface area contributed by atoms with E-state index in [0.29, 0.717) is 21.3 Å². The van der Waals surface area contributed by atoms with Crippen molar-refractivity contribution < 1.29 is 4.79 Å². The minimum absolute atomic E-state index is 0.0880. The fraction of sp³-hybridized carbons (Fsp3) is 0.583. The van der Waals surface area contributed by atoms with Gasteiger partial charge >= 0.3 is 0 Å². The van der Waals surface area contributed by atoms with Gasteiger partial charge in [0.1, 0.15) is 21.8 Å². The van der Waals surface area contributed by atoms with Gasteiger partial charge in [-0.2, -0.15) is 5.26 Å². The van der Waals surface area contributed by atoms with E-state index in [1.807, 2.05) is 6.08 Å². The molecule has 0 aromatic carbocycles. The first kappa shape index (κ1) is 25.5. The highest BCUT2D eigenvalue weighted by Gasteiger charge is 2.33. The van der Waals surface area contributed by atoms with Gasteiger partial charge in [-0.1, -0.05) is 57.1 Å². The molecular weight excluding hydrogens is 454 g/mol. The van der Waals surface area contributed by atoms with Gasteiger partial charge in [-0.3, -0.25) is 19.1 Å². The first-order valence-electron chi connectivity index (χ1n) is 11.7. The van der Waals surface area contributed by atoms with Gasteiger partial charge < -0.3 is 9.80 Å². The van der Waals surface area contributed by atoms with E-state index in [4.69, 9.17) is 12.2 Å². The number of likely N-dealkylation sites (N-methyl/N-ethyl adjacent to an activating group) is 1. The molecule has 0 saturated carbocycles. The molecule has 1 aromatic heterocycles. The van der Waals surface area contributed by atoms with E-state index in [1.165, 1.54) is 11.8 Å². The normalized spacial score (nSPS) is 18.5. The van der Waals surface area contributed by atoms with Crippen LogP contribution in [0.1, 0.15) is 56.2 Å². The summed E-state index contributed by atoms with van der Waals surface area (Å²) in [6.45, 7) is 11.1. The van der Waals surface area contributed by atoms with Gasteiger partial charge in [0.15, 0.2) is 0 Å². The maximum absolute atomic E-state index is 13.2. The highest BCUT2D eigenvalue weighted by atomic mass is 32.2. The number of hydrogen-bond donors (Lipinski definition) is 0. The number of nitrogens with zero attached hydrogens (tertiary/aromatic N) is 5. The predicted octanol–water partition coefficient (Wildman–Crippen LogP) is 3.49. The molecule has 2 saturated heterocycles. The molecule has 0 unspecified atom stereocenters. The van der Waals surface area contributed by atoms with E-state index in [0.717, 1.165) is 69.8 Å². The van der Waals surface area contributed by atoms with Crippen molar-refractivity contribution in [1.82, 2.24) is 14.4 Å². The molecule has 0 radical (unpaired) electrons. The first-order chi connectivity index (χ1) is 15.8. The molecule has 2 fully saturated rings. The average Bonchev–Trinajstić information content (AvgIpc) is 3.08. The van der Waals surface area contributed by atoms with Gasteiger partial charge in [0.05, 0.1) is 4.91 Å². The van der Waals surface area contributed by atoms with E-state index in [1.54, 1.807) is 23.4 Å². The van der Waals surface area contributed by atoms with Gasteiger partial charge in [0, 0.05) is 45.3 Å². The number of piperazine rings is 1. The van der Waals surface area contributed by atoms with E-state index in [9.17, 15) is 14.9 Å². The van der Waals surface area contributed by atoms with Crippen LogP contribution in [0, 0.1) is 18.3 Å². The van der Waals surface area contributed by atoms with Crippen molar-refractivity contribution in [2.24, 2.45) is 7.05 Å². The summed E-state index contributed by atoms with van der Waals surface area (Å²) >= 11 is 6.81. The molecule has 0 bridgehead atoms. The Kier molecular flexibility index (Phi) is 8.74. The topological polar surface area (TPSA) is 72.6 Å². The molecule has 0 atom stereocenters. The van der Waals surface area contributed by atoms with E-state index < -0.39 is 0 Å². The van der Waals surface area contributed by atoms with Crippen molar-refractivity contribution in [3.05, 3.63) is 31.9 Å². The molecule has 3 heterocycles. The number of thioether (sulfide) groups is 1. The number of thiocarbonyl (C=S) groups is 1. The van der Waals surface area contributed by atoms with Crippen LogP contribution in [0.2, 0.25) is 0 Å². The second kappa shape index (κ2) is 11.3. The quantitative estimate of drug-likeness (QED) is 0.316. The monoisotopic (exact) mass is 487 g/mol.